The van der Waals surface area contributed by atoms with Crippen LogP contribution < -0.4 is 0 Å². The second kappa shape index (κ2) is 12.1. The summed E-state index contributed by atoms with van der Waals surface area (Å²) in [6.07, 6.45) is 0.269. The molecule has 0 aliphatic carbocycles. The number of halogens is 3. The maximum Gasteiger partial charge on any atom is 0.326 e. The first-order valence-electron chi connectivity index (χ1n) is 12.2. The number of morpholine rings is 1. The van der Waals surface area contributed by atoms with Crippen molar-refractivity contribution in [2.45, 2.75) is 56.9 Å². The molecule has 5 nitrogen and oxygen atoms in total. The number of amides is 1. The third-order valence-electron chi connectivity index (χ3n) is 6.62. The molecule has 3 aromatic rings. The Morgan fingerprint density at radius 2 is 1.54 bits per heavy atom. The molecule has 4 rings (SSSR count). The molecule has 1 heterocycles. The van der Waals surface area contributed by atoms with Gasteiger partial charge in [0.1, 0.15) is 24.1 Å². The summed E-state index contributed by atoms with van der Waals surface area (Å²) in [5, 5.41) is 11.3. The van der Waals surface area contributed by atoms with Gasteiger partial charge in [-0.05, 0) is 59.5 Å². The lowest BCUT2D eigenvalue weighted by Crippen LogP contribution is -2.57. The fraction of sp³-hybridized carbons (Fsp3) is 0.310. The van der Waals surface area contributed by atoms with Crippen molar-refractivity contribution >= 4 is 35.1 Å². The van der Waals surface area contributed by atoms with E-state index in [1.807, 2.05) is 19.1 Å². The van der Waals surface area contributed by atoms with Crippen LogP contribution >= 0.6 is 23.2 Å². The zero-order valence-corrected chi connectivity index (χ0v) is 21.8. The molecule has 1 amide bonds. The van der Waals surface area contributed by atoms with E-state index in [1.165, 1.54) is 17.0 Å². The van der Waals surface area contributed by atoms with Crippen LogP contribution in [0.15, 0.2) is 72.8 Å². The molecule has 0 aromatic heterocycles. The molecular weight excluding hydrogens is 516 g/mol. The van der Waals surface area contributed by atoms with Crippen LogP contribution in [-0.4, -0.2) is 34.0 Å². The van der Waals surface area contributed by atoms with Gasteiger partial charge in [-0.25, -0.2) is 9.18 Å². The highest BCUT2D eigenvalue weighted by Crippen LogP contribution is 2.44. The van der Waals surface area contributed by atoms with Gasteiger partial charge in [0.2, 0.25) is 0 Å². The van der Waals surface area contributed by atoms with Crippen molar-refractivity contribution in [1.29, 1.82) is 0 Å². The first kappa shape index (κ1) is 27.1. The third-order valence-corrected chi connectivity index (χ3v) is 7.13. The van der Waals surface area contributed by atoms with E-state index in [2.05, 4.69) is 0 Å². The van der Waals surface area contributed by atoms with Crippen molar-refractivity contribution in [3.05, 3.63) is 105 Å². The zero-order valence-electron chi connectivity index (χ0n) is 20.3. The van der Waals surface area contributed by atoms with Crippen LogP contribution in [0.4, 0.5) is 4.39 Å². The first-order valence-corrected chi connectivity index (χ1v) is 13.0. The van der Waals surface area contributed by atoms with Gasteiger partial charge in [0.25, 0.3) is 5.91 Å². The van der Waals surface area contributed by atoms with Gasteiger partial charge in [0.05, 0.1) is 6.04 Å². The molecule has 1 fully saturated rings. The fourth-order valence-corrected chi connectivity index (χ4v) is 5.02. The lowest BCUT2D eigenvalue weighted by atomic mass is 9.88. The molecule has 1 N–H and O–H groups in total. The monoisotopic (exact) mass is 543 g/mol. The summed E-state index contributed by atoms with van der Waals surface area (Å²) in [4.78, 5) is 28.0. The summed E-state index contributed by atoms with van der Waals surface area (Å²) < 4.78 is 20.0. The van der Waals surface area contributed by atoms with E-state index in [1.54, 1.807) is 48.5 Å². The Morgan fingerprint density at radius 1 is 0.973 bits per heavy atom. The maximum atomic E-state index is 14.0. The molecule has 0 unspecified atom stereocenters. The second-order valence-electron chi connectivity index (χ2n) is 9.17. The Bertz CT molecular complexity index is 1220. The highest BCUT2D eigenvalue weighted by Gasteiger charge is 2.48. The number of hydrogen-bond acceptors (Lipinski definition) is 3. The molecular formula is C29H28Cl2FNO4. The largest absolute Gasteiger partial charge is 0.480 e. The van der Waals surface area contributed by atoms with Crippen LogP contribution in [0.3, 0.4) is 0 Å². The highest BCUT2D eigenvalue weighted by molar-refractivity contribution is 6.30. The Hall–Kier alpha value is -2.93. The van der Waals surface area contributed by atoms with E-state index in [9.17, 15) is 19.1 Å². The van der Waals surface area contributed by atoms with Crippen LogP contribution in [0.2, 0.25) is 10.0 Å². The molecule has 37 heavy (non-hydrogen) atoms. The van der Waals surface area contributed by atoms with E-state index in [4.69, 9.17) is 27.9 Å². The SMILES string of the molecule is CCCC[C@H](C(=O)O)N1C(=O)[C@@H](Cc2ccc(F)cc2)O[C@H](c2ccc(Cl)cc2)[C@@H]1c1ccc(Cl)cc1. The Balaban J connectivity index is 1.84. The van der Waals surface area contributed by atoms with Crippen LogP contribution in [0.5, 0.6) is 0 Å². The van der Waals surface area contributed by atoms with Gasteiger partial charge in [-0.1, -0.05) is 79.4 Å². The van der Waals surface area contributed by atoms with Gasteiger partial charge in [-0.15, -0.1) is 0 Å². The molecule has 1 aliphatic rings. The summed E-state index contributed by atoms with van der Waals surface area (Å²) in [6.45, 7) is 1.98. The van der Waals surface area contributed by atoms with Crippen LogP contribution in [0.1, 0.15) is 55.0 Å². The molecule has 0 saturated carbocycles. The van der Waals surface area contributed by atoms with Crippen molar-refractivity contribution in [2.24, 2.45) is 0 Å². The van der Waals surface area contributed by atoms with Crippen molar-refractivity contribution in [1.82, 2.24) is 4.90 Å². The van der Waals surface area contributed by atoms with Crippen molar-refractivity contribution < 1.29 is 23.8 Å². The van der Waals surface area contributed by atoms with Gasteiger partial charge in [0, 0.05) is 16.5 Å². The number of ether oxygens (including phenoxy) is 1. The molecule has 8 heteroatoms. The average molecular weight is 544 g/mol. The number of nitrogens with zero attached hydrogens (tertiary/aromatic N) is 1. The normalized spacial score (nSPS) is 20.6. The lowest BCUT2D eigenvalue weighted by Gasteiger charge is -2.47. The van der Waals surface area contributed by atoms with E-state index < -0.39 is 36.2 Å². The molecule has 3 aromatic carbocycles. The predicted molar refractivity (Wildman–Crippen MR) is 141 cm³/mol. The molecule has 1 aliphatic heterocycles. The maximum absolute atomic E-state index is 14.0. The number of unbranched alkanes of at least 4 members (excludes halogenated alkanes) is 1. The van der Waals surface area contributed by atoms with Gasteiger partial charge in [-0.3, -0.25) is 4.79 Å². The highest BCUT2D eigenvalue weighted by atomic mass is 35.5. The standard InChI is InChI=1S/C29H28Cl2FNO4/c1-2-3-4-24(29(35)36)33-26(19-7-11-21(30)12-8-19)27(20-9-13-22(31)14-10-20)37-25(28(33)34)17-18-5-15-23(32)16-6-18/h5-16,24-27H,2-4,17H2,1H3,(H,35,36)/t24-,25-,26+,27-/m1/s1. The molecule has 1 saturated heterocycles. The van der Waals surface area contributed by atoms with E-state index >= 15 is 0 Å². The minimum atomic E-state index is -1.07. The van der Waals surface area contributed by atoms with E-state index in [0.29, 0.717) is 34.0 Å². The number of aliphatic carboxylic acids is 1. The smallest absolute Gasteiger partial charge is 0.326 e. The van der Waals surface area contributed by atoms with Gasteiger partial charge in [0.15, 0.2) is 0 Å². The molecule has 0 radical (unpaired) electrons. The Morgan fingerprint density at radius 3 is 2.08 bits per heavy atom. The lowest BCUT2D eigenvalue weighted by molar-refractivity contribution is -0.184. The van der Waals surface area contributed by atoms with Crippen LogP contribution in [0, 0.1) is 5.82 Å². The first-order chi connectivity index (χ1) is 17.8. The third kappa shape index (κ3) is 6.32. The quantitative estimate of drug-likeness (QED) is 0.314. The summed E-state index contributed by atoms with van der Waals surface area (Å²) in [6, 6.07) is 18.2. The average Bonchev–Trinajstić information content (AvgIpc) is 2.88. The molecule has 194 valence electrons. The predicted octanol–water partition coefficient (Wildman–Crippen LogP) is 7.03. The fourth-order valence-electron chi connectivity index (χ4n) is 4.76. The number of benzene rings is 3. The van der Waals surface area contributed by atoms with Crippen molar-refractivity contribution in [2.75, 3.05) is 0 Å². The number of carboxylic acids is 1. The minimum absolute atomic E-state index is 0.174. The topological polar surface area (TPSA) is 66.8 Å². The van der Waals surface area contributed by atoms with Gasteiger partial charge >= 0.3 is 5.97 Å². The number of carbonyl (C=O) groups excluding carboxylic acids is 1. The summed E-state index contributed by atoms with van der Waals surface area (Å²) >= 11 is 12.3. The number of hydrogen-bond donors (Lipinski definition) is 1. The zero-order chi connectivity index (χ0) is 26.5. The molecule has 0 bridgehead atoms. The van der Waals surface area contributed by atoms with Crippen LogP contribution in [0.25, 0.3) is 0 Å². The summed E-state index contributed by atoms with van der Waals surface area (Å²) in [5.41, 5.74) is 2.17. The van der Waals surface area contributed by atoms with Crippen LogP contribution in [-0.2, 0) is 20.7 Å². The van der Waals surface area contributed by atoms with E-state index in [0.717, 1.165) is 12.0 Å². The second-order valence-corrected chi connectivity index (χ2v) is 10.0. The van der Waals surface area contributed by atoms with Gasteiger partial charge in [-0.2, -0.15) is 0 Å². The minimum Gasteiger partial charge on any atom is -0.480 e. The molecule has 0 spiro atoms. The van der Waals surface area contributed by atoms with Crippen molar-refractivity contribution in [3.8, 4) is 0 Å². The Labute approximate surface area is 225 Å². The number of carboxylic acid groups (broad SMARTS) is 1. The summed E-state index contributed by atoms with van der Waals surface area (Å²) in [7, 11) is 0. The number of rotatable bonds is 9. The Kier molecular flexibility index (Phi) is 8.85. The molecule has 4 atom stereocenters. The van der Waals surface area contributed by atoms with Crippen molar-refractivity contribution in [3.63, 3.8) is 0 Å². The number of carbonyl (C=O) groups is 2. The van der Waals surface area contributed by atoms with Gasteiger partial charge < -0.3 is 14.7 Å². The van der Waals surface area contributed by atoms with E-state index in [-0.39, 0.29) is 12.2 Å². The summed E-state index contributed by atoms with van der Waals surface area (Å²) in [5.74, 6) is -1.87.